The van der Waals surface area contributed by atoms with Crippen molar-refractivity contribution in [3.05, 3.63) is 75.0 Å². The molecule has 1 heterocycles. The molecular weight excluding hydrogens is 348 g/mol. The van der Waals surface area contributed by atoms with Crippen LogP contribution in [0.5, 0.6) is 0 Å². The highest BCUT2D eigenvalue weighted by Gasteiger charge is 2.37. The van der Waals surface area contributed by atoms with E-state index < -0.39 is 0 Å². The summed E-state index contributed by atoms with van der Waals surface area (Å²) < 4.78 is 0. The van der Waals surface area contributed by atoms with E-state index in [4.69, 9.17) is 11.6 Å². The quantitative estimate of drug-likeness (QED) is 0.707. The van der Waals surface area contributed by atoms with Crippen molar-refractivity contribution in [3.8, 4) is 0 Å². The van der Waals surface area contributed by atoms with Crippen molar-refractivity contribution in [1.29, 1.82) is 0 Å². The summed E-state index contributed by atoms with van der Waals surface area (Å²) in [5.74, 6) is 0.169. The monoisotopic (exact) mass is 366 g/mol. The van der Waals surface area contributed by atoms with Crippen LogP contribution in [0.4, 0.5) is 5.69 Å². The Balaban J connectivity index is 1.61. The number of benzene rings is 2. The maximum absolute atomic E-state index is 12.9. The van der Waals surface area contributed by atoms with Crippen molar-refractivity contribution < 1.29 is 4.79 Å². The molecule has 1 atom stereocenters. The van der Waals surface area contributed by atoms with E-state index in [0.29, 0.717) is 27.7 Å². The number of anilines is 1. The van der Waals surface area contributed by atoms with Crippen LogP contribution in [0.2, 0.25) is 5.02 Å². The summed E-state index contributed by atoms with van der Waals surface area (Å²) in [6.45, 7) is 1.78. The summed E-state index contributed by atoms with van der Waals surface area (Å²) in [5.41, 5.74) is 2.94. The fourth-order valence-corrected chi connectivity index (χ4v) is 3.47. The van der Waals surface area contributed by atoms with Crippen molar-refractivity contribution in [2.24, 2.45) is 5.92 Å². The molecule has 1 fully saturated rings. The van der Waals surface area contributed by atoms with Gasteiger partial charge in [-0.05, 0) is 67.0 Å². The number of hydrogen-bond acceptors (Lipinski definition) is 2. The van der Waals surface area contributed by atoms with Crippen LogP contribution < -0.4 is 10.9 Å². The van der Waals surface area contributed by atoms with Gasteiger partial charge in [0.2, 0.25) is 5.91 Å². The van der Waals surface area contributed by atoms with E-state index >= 15 is 0 Å². The van der Waals surface area contributed by atoms with E-state index in [0.717, 1.165) is 23.8 Å². The largest absolute Gasteiger partial charge is 0.325 e. The standard InChI is InChI=1S/C21H19ClN2O2/c1-12-10-15-6-9-17(11-18(15)24-20(12)25)23-21(26)19(13-2-3-13)14-4-7-16(22)8-5-14/h4-11,13,19H,2-3H2,1H3,(H,23,26)(H,24,25). The summed E-state index contributed by atoms with van der Waals surface area (Å²) in [4.78, 5) is 27.6. The first kappa shape index (κ1) is 16.9. The van der Waals surface area contributed by atoms with Crippen LogP contribution >= 0.6 is 11.6 Å². The van der Waals surface area contributed by atoms with Crippen LogP contribution in [0.15, 0.2) is 53.3 Å². The second kappa shape index (κ2) is 6.61. The summed E-state index contributed by atoms with van der Waals surface area (Å²) >= 11 is 5.97. The van der Waals surface area contributed by atoms with Crippen LogP contribution in [0.25, 0.3) is 10.9 Å². The third-order valence-electron chi connectivity index (χ3n) is 4.90. The summed E-state index contributed by atoms with van der Waals surface area (Å²) in [6.07, 6.45) is 2.12. The van der Waals surface area contributed by atoms with Crippen LogP contribution in [0, 0.1) is 12.8 Å². The zero-order valence-electron chi connectivity index (χ0n) is 14.4. The third kappa shape index (κ3) is 3.37. The van der Waals surface area contributed by atoms with Gasteiger partial charge in [-0.2, -0.15) is 0 Å². The molecule has 5 heteroatoms. The number of aromatic amines is 1. The van der Waals surface area contributed by atoms with Gasteiger partial charge in [0.1, 0.15) is 0 Å². The first-order valence-corrected chi connectivity index (χ1v) is 9.09. The van der Waals surface area contributed by atoms with E-state index in [1.54, 1.807) is 13.0 Å². The second-order valence-electron chi connectivity index (χ2n) is 6.94. The van der Waals surface area contributed by atoms with Crippen LogP contribution in [0.1, 0.15) is 29.9 Å². The maximum atomic E-state index is 12.9. The van der Waals surface area contributed by atoms with Gasteiger partial charge >= 0.3 is 0 Å². The van der Waals surface area contributed by atoms with E-state index in [9.17, 15) is 9.59 Å². The Morgan fingerprint density at radius 2 is 1.88 bits per heavy atom. The average Bonchev–Trinajstić information content (AvgIpc) is 3.43. The Kier molecular flexibility index (Phi) is 4.29. The number of fused-ring (bicyclic) bond motifs is 1. The Hall–Kier alpha value is -2.59. The predicted octanol–water partition coefficient (Wildman–Crippen LogP) is 4.62. The molecule has 1 amide bonds. The number of aromatic nitrogens is 1. The molecule has 132 valence electrons. The Morgan fingerprint density at radius 1 is 1.15 bits per heavy atom. The van der Waals surface area contributed by atoms with Gasteiger partial charge in [0.05, 0.1) is 11.4 Å². The van der Waals surface area contributed by atoms with E-state index in [-0.39, 0.29) is 17.4 Å². The highest BCUT2D eigenvalue weighted by molar-refractivity contribution is 6.30. The Morgan fingerprint density at radius 3 is 2.58 bits per heavy atom. The predicted molar refractivity (Wildman–Crippen MR) is 105 cm³/mol. The van der Waals surface area contributed by atoms with Crippen molar-refractivity contribution in [3.63, 3.8) is 0 Å². The maximum Gasteiger partial charge on any atom is 0.251 e. The van der Waals surface area contributed by atoms with Gasteiger partial charge in [0, 0.05) is 16.3 Å². The number of carbonyl (C=O) groups excluding carboxylic acids is 1. The highest BCUT2D eigenvalue weighted by Crippen LogP contribution is 2.43. The number of nitrogens with one attached hydrogen (secondary N) is 2. The SMILES string of the molecule is Cc1cc2ccc(NC(=O)C(c3ccc(Cl)cc3)C3CC3)cc2[nH]c1=O. The fraction of sp³-hybridized carbons (Fsp3) is 0.238. The minimum atomic E-state index is -0.181. The van der Waals surface area contributed by atoms with Gasteiger partial charge in [-0.15, -0.1) is 0 Å². The number of hydrogen-bond donors (Lipinski definition) is 2. The molecule has 1 aliphatic carbocycles. The van der Waals surface area contributed by atoms with E-state index in [2.05, 4.69) is 10.3 Å². The highest BCUT2D eigenvalue weighted by atomic mass is 35.5. The second-order valence-corrected chi connectivity index (χ2v) is 7.38. The van der Waals surface area contributed by atoms with E-state index in [1.165, 1.54) is 0 Å². The molecule has 1 saturated carbocycles. The minimum absolute atomic E-state index is 0.0244. The van der Waals surface area contributed by atoms with Crippen molar-refractivity contribution in [2.75, 3.05) is 5.32 Å². The number of amides is 1. The molecular formula is C21H19ClN2O2. The van der Waals surface area contributed by atoms with Gasteiger partial charge in [0.25, 0.3) is 5.56 Å². The molecule has 1 aromatic heterocycles. The number of rotatable bonds is 4. The number of pyridine rings is 1. The first-order valence-electron chi connectivity index (χ1n) is 8.71. The number of H-pyrrole nitrogens is 1. The first-order chi connectivity index (χ1) is 12.5. The lowest BCUT2D eigenvalue weighted by molar-refractivity contribution is -0.118. The Labute approximate surface area is 156 Å². The van der Waals surface area contributed by atoms with Gasteiger partial charge in [-0.3, -0.25) is 9.59 Å². The normalized spacial score (nSPS) is 15.0. The third-order valence-corrected chi connectivity index (χ3v) is 5.16. The lowest BCUT2D eigenvalue weighted by Crippen LogP contribution is -2.22. The summed E-state index contributed by atoms with van der Waals surface area (Å²) in [7, 11) is 0. The van der Waals surface area contributed by atoms with Gasteiger partial charge in [-0.25, -0.2) is 0 Å². The molecule has 1 unspecified atom stereocenters. The summed E-state index contributed by atoms with van der Waals surface area (Å²) in [6, 6.07) is 14.9. The van der Waals surface area contributed by atoms with Gasteiger partial charge < -0.3 is 10.3 Å². The lowest BCUT2D eigenvalue weighted by Gasteiger charge is -2.17. The molecule has 0 aliphatic heterocycles. The van der Waals surface area contributed by atoms with Gasteiger partial charge in [0.15, 0.2) is 0 Å². The number of halogens is 1. The minimum Gasteiger partial charge on any atom is -0.325 e. The Bertz CT molecular complexity index is 1040. The van der Waals surface area contributed by atoms with E-state index in [1.807, 2.05) is 42.5 Å². The molecule has 2 N–H and O–H groups in total. The molecule has 4 rings (SSSR count). The molecule has 0 bridgehead atoms. The zero-order valence-corrected chi connectivity index (χ0v) is 15.1. The van der Waals surface area contributed by atoms with Gasteiger partial charge in [-0.1, -0.05) is 29.8 Å². The van der Waals surface area contributed by atoms with Crippen molar-refractivity contribution in [1.82, 2.24) is 4.98 Å². The number of carbonyl (C=O) groups is 1. The number of aryl methyl sites for hydroxylation is 1. The molecule has 26 heavy (non-hydrogen) atoms. The molecule has 2 aromatic carbocycles. The molecule has 0 spiro atoms. The lowest BCUT2D eigenvalue weighted by atomic mass is 9.93. The average molecular weight is 367 g/mol. The summed E-state index contributed by atoms with van der Waals surface area (Å²) in [5, 5.41) is 4.61. The topological polar surface area (TPSA) is 62.0 Å². The molecule has 0 radical (unpaired) electrons. The molecule has 4 nitrogen and oxygen atoms in total. The fourth-order valence-electron chi connectivity index (χ4n) is 3.35. The molecule has 0 saturated heterocycles. The zero-order chi connectivity index (χ0) is 18.3. The van der Waals surface area contributed by atoms with Crippen LogP contribution in [-0.2, 0) is 4.79 Å². The van der Waals surface area contributed by atoms with Crippen molar-refractivity contribution >= 4 is 34.1 Å². The molecule has 1 aliphatic rings. The van der Waals surface area contributed by atoms with Crippen LogP contribution in [0.3, 0.4) is 0 Å². The van der Waals surface area contributed by atoms with Crippen LogP contribution in [-0.4, -0.2) is 10.9 Å². The smallest absolute Gasteiger partial charge is 0.251 e. The molecule has 3 aromatic rings. The van der Waals surface area contributed by atoms with Crippen molar-refractivity contribution in [2.45, 2.75) is 25.7 Å².